The number of hydrogen-bond acceptors (Lipinski definition) is 10. The molecule has 1 amide bonds. The highest BCUT2D eigenvalue weighted by atomic mass is 35.5. The SMILES string of the molecule is Cc1ccc(CCCCCO[C@@H](C(=O)N(C)CCCCCN(c2ccc(C)c(Cl)c2)S(=O)(=O)c2ccc([N+](=O)[O-])cc2[N+](=O)[O-])[C@@](O[SiH](C)C)(C(=O)O)C(C)(C)C)cc1C. The molecular weight excluding hydrogens is 832 g/mol. The second kappa shape index (κ2) is 21.4. The molecule has 0 aromatic heterocycles. The normalized spacial score (nSPS) is 13.4. The molecule has 2 atom stereocenters. The number of carboxylic acids is 1. The van der Waals surface area contributed by atoms with Crippen molar-refractivity contribution in [1.82, 2.24) is 4.90 Å². The lowest BCUT2D eigenvalue weighted by Crippen LogP contribution is -2.66. The van der Waals surface area contributed by atoms with Gasteiger partial charge in [-0.15, -0.1) is 0 Å². The number of unbranched alkanes of at least 4 members (excludes halogenated alkanes) is 4. The Hall–Kier alpha value is -4.42. The van der Waals surface area contributed by atoms with Crippen LogP contribution in [0.5, 0.6) is 0 Å². The first-order valence-electron chi connectivity index (χ1n) is 20.0. The molecule has 0 saturated heterocycles. The van der Waals surface area contributed by atoms with Crippen LogP contribution in [0, 0.1) is 46.4 Å². The van der Waals surface area contributed by atoms with Crippen LogP contribution in [0.4, 0.5) is 17.1 Å². The van der Waals surface area contributed by atoms with E-state index in [4.69, 9.17) is 20.8 Å². The Morgan fingerprint density at radius 2 is 1.48 bits per heavy atom. The molecule has 0 unspecified atom stereocenters. The quantitative estimate of drug-likeness (QED) is 0.0414. The third-order valence-electron chi connectivity index (χ3n) is 10.5. The summed E-state index contributed by atoms with van der Waals surface area (Å²) in [5.74, 6) is -1.84. The second-order valence-electron chi connectivity index (χ2n) is 16.4. The number of nitrogens with zero attached hydrogens (tertiary/aromatic N) is 4. The van der Waals surface area contributed by atoms with Gasteiger partial charge in [0.25, 0.3) is 27.3 Å². The number of sulfonamides is 1. The Kier molecular flexibility index (Phi) is 17.8. The van der Waals surface area contributed by atoms with Gasteiger partial charge < -0.3 is 19.2 Å². The van der Waals surface area contributed by atoms with Crippen LogP contribution in [0.2, 0.25) is 18.1 Å². The average molecular weight is 892 g/mol. The highest BCUT2D eigenvalue weighted by Gasteiger charge is 2.60. The molecule has 0 saturated carbocycles. The molecule has 15 nitrogen and oxygen atoms in total. The van der Waals surface area contributed by atoms with Crippen molar-refractivity contribution in [2.75, 3.05) is 31.0 Å². The van der Waals surface area contributed by atoms with Gasteiger partial charge in [0.1, 0.15) is 0 Å². The van der Waals surface area contributed by atoms with Gasteiger partial charge in [-0.2, -0.15) is 0 Å². The molecular formula is C42H59ClN4O11SSi. The zero-order chi connectivity index (χ0) is 45.2. The lowest BCUT2D eigenvalue weighted by atomic mass is 9.72. The summed E-state index contributed by atoms with van der Waals surface area (Å²) in [7, 11) is -5.15. The number of halogens is 1. The van der Waals surface area contributed by atoms with Crippen LogP contribution in [-0.2, 0) is 35.2 Å². The van der Waals surface area contributed by atoms with Crippen LogP contribution in [0.25, 0.3) is 0 Å². The number of benzene rings is 3. The smallest absolute Gasteiger partial charge is 0.338 e. The molecule has 3 rings (SSSR count). The third-order valence-corrected chi connectivity index (χ3v) is 13.6. The zero-order valence-corrected chi connectivity index (χ0v) is 38.8. The lowest BCUT2D eigenvalue weighted by Gasteiger charge is -2.47. The van der Waals surface area contributed by atoms with Crippen LogP contribution < -0.4 is 4.31 Å². The number of nitro groups is 2. The summed E-state index contributed by atoms with van der Waals surface area (Å²) in [6, 6.07) is 13.3. The Morgan fingerprint density at radius 1 is 0.850 bits per heavy atom. The van der Waals surface area contributed by atoms with Gasteiger partial charge in [0.05, 0.1) is 21.6 Å². The standard InChI is InChI=1S/C42H59ClN4O11SSi/c1-29-17-19-32(26-31(29)3)16-12-10-15-25-57-38(42(40(49)50,41(4,5)6)58-60(8)9)39(48)44(7)23-13-11-14-24-45(33-20-18-30(2)35(43)27-33)59(55,56)37-22-21-34(46(51)52)28-36(37)47(53)54/h17-22,26-28,38,60H,10-16,23-25H2,1-9H3,(H,49,50)/t38-,42+/m0/s1. The average Bonchev–Trinajstić information content (AvgIpc) is 3.16. The number of rotatable bonds is 23. The number of aryl methyl sites for hydroxylation is 4. The van der Waals surface area contributed by atoms with Gasteiger partial charge in [-0.05, 0) is 113 Å². The summed E-state index contributed by atoms with van der Waals surface area (Å²) in [5.41, 5.74) is -0.103. The maximum absolute atomic E-state index is 14.3. The van der Waals surface area contributed by atoms with Crippen LogP contribution in [0.1, 0.15) is 81.5 Å². The topological polar surface area (TPSA) is 200 Å². The second-order valence-corrected chi connectivity index (χ2v) is 21.0. The minimum absolute atomic E-state index is 0.136. The van der Waals surface area contributed by atoms with E-state index in [-0.39, 0.29) is 36.8 Å². The largest absolute Gasteiger partial charge is 0.479 e. The molecule has 0 fully saturated rings. The van der Waals surface area contributed by atoms with E-state index in [9.17, 15) is 43.3 Å². The summed E-state index contributed by atoms with van der Waals surface area (Å²) >= 11 is 6.36. The number of nitro benzene ring substituents is 2. The maximum Gasteiger partial charge on any atom is 0.338 e. The summed E-state index contributed by atoms with van der Waals surface area (Å²) in [4.78, 5) is 49.7. The van der Waals surface area contributed by atoms with E-state index in [2.05, 4.69) is 32.0 Å². The van der Waals surface area contributed by atoms with Crippen LogP contribution in [-0.4, -0.2) is 87.6 Å². The van der Waals surface area contributed by atoms with E-state index in [1.54, 1.807) is 40.8 Å². The number of likely N-dealkylation sites (N-methyl/N-ethyl adjacent to an activating group) is 1. The van der Waals surface area contributed by atoms with E-state index in [1.807, 2.05) is 13.1 Å². The number of ether oxygens (including phenoxy) is 1. The van der Waals surface area contributed by atoms with Crippen LogP contribution in [0.15, 0.2) is 59.5 Å². The Labute approximate surface area is 360 Å². The first-order valence-corrected chi connectivity index (χ1v) is 24.6. The van der Waals surface area contributed by atoms with Gasteiger partial charge in [-0.1, -0.05) is 63.1 Å². The highest BCUT2D eigenvalue weighted by molar-refractivity contribution is 7.93. The van der Waals surface area contributed by atoms with E-state index >= 15 is 0 Å². The molecule has 18 heteroatoms. The zero-order valence-electron chi connectivity index (χ0n) is 36.0. The molecule has 3 aromatic rings. The highest BCUT2D eigenvalue weighted by Crippen LogP contribution is 2.40. The Morgan fingerprint density at radius 3 is 2.05 bits per heavy atom. The molecule has 0 bridgehead atoms. The Balaban J connectivity index is 1.80. The summed E-state index contributed by atoms with van der Waals surface area (Å²) < 4.78 is 41.8. The van der Waals surface area contributed by atoms with Crippen molar-refractivity contribution < 1.29 is 42.1 Å². The van der Waals surface area contributed by atoms with Crippen molar-refractivity contribution in [3.8, 4) is 0 Å². The van der Waals surface area contributed by atoms with Gasteiger partial charge in [-0.3, -0.25) is 29.3 Å². The molecule has 60 heavy (non-hydrogen) atoms. The summed E-state index contributed by atoms with van der Waals surface area (Å²) in [6.45, 7) is 14.9. The number of non-ortho nitro benzene ring substituents is 1. The van der Waals surface area contributed by atoms with E-state index in [1.165, 1.54) is 33.7 Å². The number of anilines is 1. The molecule has 1 N–H and O–H groups in total. The first-order chi connectivity index (χ1) is 27.9. The minimum Gasteiger partial charge on any atom is -0.479 e. The molecule has 330 valence electrons. The van der Waals surface area contributed by atoms with Gasteiger partial charge in [0.2, 0.25) is 0 Å². The number of hydrogen-bond donors (Lipinski definition) is 1. The van der Waals surface area contributed by atoms with Crippen molar-refractivity contribution in [2.45, 2.75) is 116 Å². The number of amides is 1. The molecule has 0 aliphatic carbocycles. The lowest BCUT2D eigenvalue weighted by molar-refractivity contribution is -0.396. The molecule has 0 aliphatic rings. The van der Waals surface area contributed by atoms with Crippen molar-refractivity contribution >= 4 is 59.6 Å². The fraction of sp³-hybridized carbons (Fsp3) is 0.524. The van der Waals surface area contributed by atoms with Gasteiger partial charge in [-0.25, -0.2) is 13.2 Å². The maximum atomic E-state index is 14.3. The van der Waals surface area contributed by atoms with Crippen molar-refractivity contribution in [2.24, 2.45) is 5.41 Å². The molecule has 0 heterocycles. The summed E-state index contributed by atoms with van der Waals surface area (Å²) in [6.07, 6.45) is 2.72. The van der Waals surface area contributed by atoms with Crippen LogP contribution >= 0.6 is 11.6 Å². The monoisotopic (exact) mass is 890 g/mol. The molecule has 0 spiro atoms. The van der Waals surface area contributed by atoms with E-state index in [0.29, 0.717) is 30.9 Å². The third kappa shape index (κ3) is 12.3. The minimum atomic E-state index is -4.65. The first kappa shape index (κ1) is 49.9. The fourth-order valence-electron chi connectivity index (χ4n) is 6.93. The van der Waals surface area contributed by atoms with E-state index < -0.39 is 74.2 Å². The Bertz CT molecular complexity index is 2130. The number of carbonyl (C=O) groups excluding carboxylic acids is 1. The number of carboxylic acid groups (broad SMARTS) is 1. The van der Waals surface area contributed by atoms with E-state index in [0.717, 1.165) is 35.7 Å². The molecule has 0 aliphatic heterocycles. The van der Waals surface area contributed by atoms with Gasteiger partial charge in [0.15, 0.2) is 25.6 Å². The fourth-order valence-corrected chi connectivity index (χ4v) is 10.1. The van der Waals surface area contributed by atoms with Gasteiger partial charge in [0, 0.05) is 43.2 Å². The van der Waals surface area contributed by atoms with Crippen molar-refractivity contribution in [3.63, 3.8) is 0 Å². The number of aliphatic carboxylic acids is 1. The van der Waals surface area contributed by atoms with Crippen molar-refractivity contribution in [1.29, 1.82) is 0 Å². The van der Waals surface area contributed by atoms with Crippen LogP contribution in [0.3, 0.4) is 0 Å². The predicted molar refractivity (Wildman–Crippen MR) is 235 cm³/mol. The summed E-state index contributed by atoms with van der Waals surface area (Å²) in [5, 5.41) is 34.3. The molecule has 3 aromatic carbocycles. The van der Waals surface area contributed by atoms with Crippen molar-refractivity contribution in [3.05, 3.63) is 102 Å². The number of carbonyl (C=O) groups is 2. The molecule has 0 radical (unpaired) electrons. The predicted octanol–water partition coefficient (Wildman–Crippen LogP) is 8.57. The van der Waals surface area contributed by atoms with Gasteiger partial charge >= 0.3 is 5.97 Å².